The van der Waals surface area contributed by atoms with Gasteiger partial charge in [-0.05, 0) is 35.4 Å². The predicted octanol–water partition coefficient (Wildman–Crippen LogP) is 4.56. The Hall–Kier alpha value is -3.42. The highest BCUT2D eigenvalue weighted by atomic mass is 32.1. The highest BCUT2D eigenvalue weighted by Gasteiger charge is 2.22. The van der Waals surface area contributed by atoms with Crippen LogP contribution in [0.25, 0.3) is 21.7 Å². The zero-order valence-electron chi connectivity index (χ0n) is 16.4. The lowest BCUT2D eigenvalue weighted by molar-refractivity contribution is 0.0975. The van der Waals surface area contributed by atoms with Crippen molar-refractivity contribution in [2.24, 2.45) is 0 Å². The summed E-state index contributed by atoms with van der Waals surface area (Å²) < 4.78 is 5.20. The molecule has 150 valence electrons. The lowest BCUT2D eigenvalue weighted by atomic mass is 10.0. The number of nitrogens with zero attached hydrogens (tertiary/aromatic N) is 4. The van der Waals surface area contributed by atoms with Crippen molar-refractivity contribution < 1.29 is 9.53 Å². The number of amides is 1. The molecule has 6 nitrogen and oxygen atoms in total. The monoisotopic (exact) mass is 416 g/mol. The van der Waals surface area contributed by atoms with Crippen molar-refractivity contribution in [3.63, 3.8) is 0 Å². The van der Waals surface area contributed by atoms with Gasteiger partial charge in [-0.2, -0.15) is 0 Å². The summed E-state index contributed by atoms with van der Waals surface area (Å²) in [5.74, 6) is -0.135. The van der Waals surface area contributed by atoms with Gasteiger partial charge in [-0.3, -0.25) is 14.7 Å². The van der Waals surface area contributed by atoms with Crippen LogP contribution in [0.15, 0.2) is 79.1 Å². The second kappa shape index (κ2) is 9.39. The van der Waals surface area contributed by atoms with Gasteiger partial charge in [0.05, 0.1) is 13.2 Å². The van der Waals surface area contributed by atoms with E-state index in [1.165, 1.54) is 11.3 Å². The summed E-state index contributed by atoms with van der Waals surface area (Å²) in [5.41, 5.74) is 3.68. The Kier molecular flexibility index (Phi) is 6.22. The summed E-state index contributed by atoms with van der Waals surface area (Å²) in [6, 6.07) is 21.4. The van der Waals surface area contributed by atoms with Crippen molar-refractivity contribution in [1.29, 1.82) is 0 Å². The molecule has 0 aliphatic rings. The normalized spacial score (nSPS) is 10.7. The third-order valence-corrected chi connectivity index (χ3v) is 5.57. The fourth-order valence-corrected chi connectivity index (χ4v) is 3.87. The maximum atomic E-state index is 13.2. The van der Waals surface area contributed by atoms with Gasteiger partial charge in [0.25, 0.3) is 5.91 Å². The third kappa shape index (κ3) is 4.42. The largest absolute Gasteiger partial charge is 0.383 e. The third-order valence-electron chi connectivity index (χ3n) is 4.58. The van der Waals surface area contributed by atoms with E-state index < -0.39 is 0 Å². The van der Waals surface area contributed by atoms with Crippen LogP contribution in [0.1, 0.15) is 10.4 Å². The molecular weight excluding hydrogens is 396 g/mol. The van der Waals surface area contributed by atoms with Crippen LogP contribution < -0.4 is 4.90 Å². The molecule has 0 radical (unpaired) electrons. The van der Waals surface area contributed by atoms with Crippen molar-refractivity contribution in [1.82, 2.24) is 15.2 Å². The molecule has 0 unspecified atom stereocenters. The predicted molar refractivity (Wildman–Crippen MR) is 119 cm³/mol. The van der Waals surface area contributed by atoms with Crippen LogP contribution in [0.4, 0.5) is 5.13 Å². The summed E-state index contributed by atoms with van der Waals surface area (Å²) in [5, 5.41) is 9.78. The maximum absolute atomic E-state index is 13.2. The first-order valence-corrected chi connectivity index (χ1v) is 10.3. The maximum Gasteiger partial charge on any atom is 0.260 e. The minimum atomic E-state index is -0.135. The summed E-state index contributed by atoms with van der Waals surface area (Å²) >= 11 is 1.37. The number of aromatic nitrogens is 3. The smallest absolute Gasteiger partial charge is 0.260 e. The molecule has 0 saturated heterocycles. The molecule has 2 aromatic heterocycles. The summed E-state index contributed by atoms with van der Waals surface area (Å²) in [4.78, 5) is 18.9. The lowest BCUT2D eigenvalue weighted by Crippen LogP contribution is -2.33. The first kappa shape index (κ1) is 19.9. The number of rotatable bonds is 7. The molecule has 2 aromatic carbocycles. The van der Waals surface area contributed by atoms with E-state index >= 15 is 0 Å². The first-order chi connectivity index (χ1) is 14.8. The van der Waals surface area contributed by atoms with Crippen LogP contribution in [0.3, 0.4) is 0 Å². The summed E-state index contributed by atoms with van der Waals surface area (Å²) in [6.07, 6.45) is 3.41. The van der Waals surface area contributed by atoms with Gasteiger partial charge in [-0.25, -0.2) is 0 Å². The Morgan fingerprint density at radius 3 is 2.30 bits per heavy atom. The number of hydrogen-bond acceptors (Lipinski definition) is 6. The minimum Gasteiger partial charge on any atom is -0.383 e. The molecule has 4 aromatic rings. The van der Waals surface area contributed by atoms with Crippen LogP contribution in [-0.4, -0.2) is 41.3 Å². The van der Waals surface area contributed by atoms with Crippen LogP contribution >= 0.6 is 11.3 Å². The van der Waals surface area contributed by atoms with Crippen LogP contribution in [-0.2, 0) is 4.74 Å². The molecule has 0 fully saturated rings. The van der Waals surface area contributed by atoms with E-state index in [2.05, 4.69) is 15.2 Å². The van der Waals surface area contributed by atoms with Crippen molar-refractivity contribution in [3.05, 3.63) is 84.7 Å². The second-order valence-corrected chi connectivity index (χ2v) is 7.47. The van der Waals surface area contributed by atoms with Gasteiger partial charge in [0.1, 0.15) is 5.01 Å². The van der Waals surface area contributed by atoms with Crippen LogP contribution in [0, 0.1) is 0 Å². The Morgan fingerprint density at radius 1 is 0.900 bits per heavy atom. The van der Waals surface area contributed by atoms with Crippen LogP contribution in [0.5, 0.6) is 0 Å². The molecule has 0 atom stereocenters. The molecule has 30 heavy (non-hydrogen) atoms. The average molecular weight is 417 g/mol. The summed E-state index contributed by atoms with van der Waals surface area (Å²) in [7, 11) is 1.61. The number of benzene rings is 2. The van der Waals surface area contributed by atoms with E-state index in [1.54, 1.807) is 24.4 Å². The number of ether oxygens (including phenoxy) is 1. The molecule has 4 rings (SSSR count). The molecule has 0 aliphatic heterocycles. The van der Waals surface area contributed by atoms with Gasteiger partial charge in [0.15, 0.2) is 0 Å². The molecule has 1 amide bonds. The second-order valence-electron chi connectivity index (χ2n) is 6.52. The van der Waals surface area contributed by atoms with Crippen molar-refractivity contribution >= 4 is 22.4 Å². The SMILES string of the molecule is COCCN(C(=O)c1ccc(-c2ccccc2)cc1)c1nnc(-c2ccncc2)s1. The van der Waals surface area contributed by atoms with Crippen molar-refractivity contribution in [3.8, 4) is 21.7 Å². The summed E-state index contributed by atoms with van der Waals surface area (Å²) in [6.45, 7) is 0.790. The van der Waals surface area contributed by atoms with Gasteiger partial charge >= 0.3 is 0 Å². The topological polar surface area (TPSA) is 68.2 Å². The first-order valence-electron chi connectivity index (χ1n) is 9.46. The Balaban J connectivity index is 1.59. The zero-order valence-corrected chi connectivity index (χ0v) is 17.2. The van der Waals surface area contributed by atoms with Gasteiger partial charge in [0, 0.05) is 30.6 Å². The van der Waals surface area contributed by atoms with Gasteiger partial charge in [0.2, 0.25) is 5.13 Å². The minimum absolute atomic E-state index is 0.135. The number of hydrogen-bond donors (Lipinski definition) is 0. The number of carbonyl (C=O) groups is 1. The quantitative estimate of drug-likeness (QED) is 0.442. The number of anilines is 1. The lowest BCUT2D eigenvalue weighted by Gasteiger charge is -2.19. The Bertz CT molecular complexity index is 1100. The van der Waals surface area contributed by atoms with E-state index in [9.17, 15) is 4.79 Å². The molecule has 0 spiro atoms. The Morgan fingerprint density at radius 2 is 1.60 bits per heavy atom. The molecule has 0 N–H and O–H groups in total. The fraction of sp³-hybridized carbons (Fsp3) is 0.130. The van der Waals surface area contributed by atoms with E-state index in [4.69, 9.17) is 4.74 Å². The van der Waals surface area contributed by atoms with Crippen molar-refractivity contribution in [2.75, 3.05) is 25.2 Å². The molecule has 0 saturated carbocycles. The zero-order chi connectivity index (χ0) is 20.8. The highest BCUT2D eigenvalue weighted by molar-refractivity contribution is 7.18. The van der Waals surface area contributed by atoms with Gasteiger partial charge in [-0.1, -0.05) is 53.8 Å². The highest BCUT2D eigenvalue weighted by Crippen LogP contribution is 2.29. The van der Waals surface area contributed by atoms with E-state index in [0.717, 1.165) is 21.7 Å². The van der Waals surface area contributed by atoms with E-state index in [1.807, 2.05) is 66.7 Å². The number of carbonyl (C=O) groups excluding carboxylic acids is 1. The Labute approximate surface area is 178 Å². The fourth-order valence-electron chi connectivity index (χ4n) is 2.99. The van der Waals surface area contributed by atoms with Gasteiger partial charge < -0.3 is 4.74 Å². The number of pyridine rings is 1. The van der Waals surface area contributed by atoms with E-state index in [-0.39, 0.29) is 5.91 Å². The molecule has 0 bridgehead atoms. The standard InChI is InChI=1S/C23H20N4O2S/c1-29-16-15-27(23-26-25-21(30-23)19-11-13-24-14-12-19)22(28)20-9-7-18(8-10-20)17-5-3-2-4-6-17/h2-14H,15-16H2,1H3. The number of methoxy groups -OCH3 is 1. The van der Waals surface area contributed by atoms with E-state index in [0.29, 0.717) is 23.8 Å². The van der Waals surface area contributed by atoms with Crippen molar-refractivity contribution in [2.45, 2.75) is 0 Å². The van der Waals surface area contributed by atoms with Gasteiger partial charge in [-0.15, -0.1) is 10.2 Å². The molecule has 7 heteroatoms. The molecule has 2 heterocycles. The molecular formula is C23H20N4O2S. The molecule has 0 aliphatic carbocycles. The average Bonchev–Trinajstić information content (AvgIpc) is 3.30. The van der Waals surface area contributed by atoms with Crippen LogP contribution in [0.2, 0.25) is 0 Å².